The van der Waals surface area contributed by atoms with Crippen LogP contribution in [0, 0.1) is 0 Å². The fraction of sp³-hybridized carbons (Fsp3) is 0.208. The molecule has 1 amide bonds. The van der Waals surface area contributed by atoms with Crippen LogP contribution >= 0.6 is 0 Å². The topological polar surface area (TPSA) is 46.3 Å². The molecule has 1 unspecified atom stereocenters. The molecule has 0 saturated heterocycles. The number of fused-ring (bicyclic) bond motifs is 2. The van der Waals surface area contributed by atoms with Gasteiger partial charge in [-0.05, 0) is 45.9 Å². The Labute approximate surface area is 160 Å². The molecule has 3 heteroatoms. The van der Waals surface area contributed by atoms with E-state index in [1.807, 2.05) is 29.2 Å². The van der Waals surface area contributed by atoms with Crippen molar-refractivity contribution in [2.75, 3.05) is 0 Å². The van der Waals surface area contributed by atoms with Gasteiger partial charge in [0.25, 0.3) is 0 Å². The smallest absolute Gasteiger partial charge is 0.240 e. The minimum Gasteiger partial charge on any atom is -0.333 e. The van der Waals surface area contributed by atoms with Crippen molar-refractivity contribution in [3.05, 3.63) is 95.6 Å². The number of hydrogen-bond donors (Lipinski definition) is 1. The number of benzene rings is 3. The minimum atomic E-state index is -0.534. The van der Waals surface area contributed by atoms with Crippen LogP contribution in [0.5, 0.6) is 0 Å². The summed E-state index contributed by atoms with van der Waals surface area (Å²) in [7, 11) is 0. The van der Waals surface area contributed by atoms with Gasteiger partial charge in [0.05, 0.1) is 6.04 Å². The number of hydrogen-bond acceptors (Lipinski definition) is 2. The molecule has 4 rings (SSSR count). The average molecular weight is 356 g/mol. The van der Waals surface area contributed by atoms with Crippen LogP contribution in [-0.4, -0.2) is 16.8 Å². The monoisotopic (exact) mass is 356 g/mol. The third-order valence-electron chi connectivity index (χ3n) is 5.38. The zero-order valence-corrected chi connectivity index (χ0v) is 15.4. The van der Waals surface area contributed by atoms with Crippen molar-refractivity contribution < 1.29 is 4.79 Å². The van der Waals surface area contributed by atoms with Gasteiger partial charge in [0.15, 0.2) is 0 Å². The molecule has 1 aliphatic rings. The Morgan fingerprint density at radius 1 is 0.963 bits per heavy atom. The third-order valence-corrected chi connectivity index (χ3v) is 5.38. The second kappa shape index (κ2) is 7.37. The molecular formula is C24H24N2O. The SMILES string of the molecule is C=CCc1cccc2c(CC(N)C(=O)N3Cc4ccccc4C3)cccc12. The first-order chi connectivity index (χ1) is 13.2. The zero-order valence-electron chi connectivity index (χ0n) is 15.4. The van der Waals surface area contributed by atoms with Crippen LogP contribution in [0.4, 0.5) is 0 Å². The molecule has 2 N–H and O–H groups in total. The molecule has 3 aromatic rings. The number of carbonyl (C=O) groups is 1. The molecule has 1 heterocycles. The van der Waals surface area contributed by atoms with E-state index in [4.69, 9.17) is 5.73 Å². The summed E-state index contributed by atoms with van der Waals surface area (Å²) >= 11 is 0. The maximum atomic E-state index is 12.9. The molecule has 3 nitrogen and oxygen atoms in total. The molecule has 0 aliphatic carbocycles. The number of rotatable bonds is 5. The lowest BCUT2D eigenvalue weighted by molar-refractivity contribution is -0.133. The van der Waals surface area contributed by atoms with Gasteiger partial charge in [-0.1, -0.05) is 66.7 Å². The zero-order chi connectivity index (χ0) is 18.8. The quantitative estimate of drug-likeness (QED) is 0.703. The van der Waals surface area contributed by atoms with Gasteiger partial charge in [-0.25, -0.2) is 0 Å². The number of carbonyl (C=O) groups excluding carboxylic acids is 1. The predicted octanol–water partition coefficient (Wildman–Crippen LogP) is 3.98. The molecule has 136 valence electrons. The Morgan fingerprint density at radius 2 is 1.56 bits per heavy atom. The number of nitrogens with two attached hydrogens (primary N) is 1. The molecule has 0 radical (unpaired) electrons. The van der Waals surface area contributed by atoms with Gasteiger partial charge < -0.3 is 10.6 Å². The Balaban J connectivity index is 1.55. The van der Waals surface area contributed by atoms with E-state index < -0.39 is 6.04 Å². The standard InChI is InChI=1S/C24H24N2O/c1-2-7-17-10-5-13-22-18(11-6-12-21(17)22)14-23(25)24(27)26-15-19-8-3-4-9-20(19)16-26/h2-6,8-13,23H,1,7,14-16,25H2. The minimum absolute atomic E-state index is 0.0189. The van der Waals surface area contributed by atoms with E-state index in [9.17, 15) is 4.79 Å². The van der Waals surface area contributed by atoms with Crippen molar-refractivity contribution >= 4 is 16.7 Å². The van der Waals surface area contributed by atoms with Crippen LogP contribution in [0.2, 0.25) is 0 Å². The molecule has 0 saturated carbocycles. The number of amides is 1. The van der Waals surface area contributed by atoms with Crippen LogP contribution in [0.1, 0.15) is 22.3 Å². The Kier molecular flexibility index (Phi) is 4.78. The first kappa shape index (κ1) is 17.5. The highest BCUT2D eigenvalue weighted by Gasteiger charge is 2.27. The lowest BCUT2D eigenvalue weighted by Gasteiger charge is -2.21. The van der Waals surface area contributed by atoms with Gasteiger partial charge >= 0.3 is 0 Å². The predicted molar refractivity (Wildman–Crippen MR) is 110 cm³/mol. The van der Waals surface area contributed by atoms with E-state index in [1.54, 1.807) is 0 Å². The highest BCUT2D eigenvalue weighted by atomic mass is 16.2. The highest BCUT2D eigenvalue weighted by Crippen LogP contribution is 2.26. The van der Waals surface area contributed by atoms with Gasteiger partial charge in [0.1, 0.15) is 0 Å². The molecule has 0 aromatic heterocycles. The lowest BCUT2D eigenvalue weighted by Crippen LogP contribution is -2.42. The third kappa shape index (κ3) is 3.38. The van der Waals surface area contributed by atoms with Crippen LogP contribution in [0.3, 0.4) is 0 Å². The largest absolute Gasteiger partial charge is 0.333 e. The molecule has 0 fully saturated rings. The van der Waals surface area contributed by atoms with Gasteiger partial charge in [-0.2, -0.15) is 0 Å². The molecular weight excluding hydrogens is 332 g/mol. The van der Waals surface area contributed by atoms with E-state index in [-0.39, 0.29) is 5.91 Å². The highest BCUT2D eigenvalue weighted by molar-refractivity contribution is 5.90. The van der Waals surface area contributed by atoms with Crippen molar-refractivity contribution in [2.45, 2.75) is 32.0 Å². The average Bonchev–Trinajstić information content (AvgIpc) is 3.12. The van der Waals surface area contributed by atoms with Gasteiger partial charge in [0, 0.05) is 13.1 Å². The first-order valence-electron chi connectivity index (χ1n) is 9.39. The van der Waals surface area contributed by atoms with Gasteiger partial charge in [0.2, 0.25) is 5.91 Å². The summed E-state index contributed by atoms with van der Waals surface area (Å²) in [6.45, 7) is 5.16. The van der Waals surface area contributed by atoms with Crippen LogP contribution in [0.15, 0.2) is 73.3 Å². The van der Waals surface area contributed by atoms with E-state index in [0.29, 0.717) is 19.5 Å². The van der Waals surface area contributed by atoms with Crippen molar-refractivity contribution in [3.63, 3.8) is 0 Å². The van der Waals surface area contributed by atoms with E-state index in [0.717, 1.165) is 12.0 Å². The van der Waals surface area contributed by atoms with Gasteiger partial charge in [-0.15, -0.1) is 6.58 Å². The van der Waals surface area contributed by atoms with E-state index >= 15 is 0 Å². The van der Waals surface area contributed by atoms with Crippen molar-refractivity contribution in [3.8, 4) is 0 Å². The fourth-order valence-corrected chi connectivity index (χ4v) is 4.00. The van der Waals surface area contributed by atoms with Gasteiger partial charge in [-0.3, -0.25) is 4.79 Å². The van der Waals surface area contributed by atoms with Crippen LogP contribution < -0.4 is 5.73 Å². The lowest BCUT2D eigenvalue weighted by atomic mass is 9.95. The summed E-state index contributed by atoms with van der Waals surface area (Å²) in [6.07, 6.45) is 3.29. The van der Waals surface area contributed by atoms with E-state index in [1.165, 1.54) is 27.5 Å². The molecule has 3 aromatic carbocycles. The molecule has 1 atom stereocenters. The van der Waals surface area contributed by atoms with Crippen LogP contribution in [-0.2, 0) is 30.7 Å². The molecule has 0 bridgehead atoms. The molecule has 27 heavy (non-hydrogen) atoms. The number of allylic oxidation sites excluding steroid dienone is 1. The summed E-state index contributed by atoms with van der Waals surface area (Å²) in [4.78, 5) is 14.8. The Bertz CT molecular complexity index is 983. The van der Waals surface area contributed by atoms with Crippen LogP contribution in [0.25, 0.3) is 10.8 Å². The van der Waals surface area contributed by atoms with Crippen molar-refractivity contribution in [1.82, 2.24) is 4.90 Å². The first-order valence-corrected chi connectivity index (χ1v) is 9.39. The van der Waals surface area contributed by atoms with E-state index in [2.05, 4.69) is 49.0 Å². The maximum absolute atomic E-state index is 12.9. The Hall–Kier alpha value is -2.91. The van der Waals surface area contributed by atoms with Crippen molar-refractivity contribution in [2.24, 2.45) is 5.73 Å². The fourth-order valence-electron chi connectivity index (χ4n) is 4.00. The summed E-state index contributed by atoms with van der Waals surface area (Å²) in [6, 6.07) is 20.2. The number of nitrogens with zero attached hydrogens (tertiary/aromatic N) is 1. The second-order valence-corrected chi connectivity index (χ2v) is 7.20. The summed E-state index contributed by atoms with van der Waals surface area (Å²) in [5, 5.41) is 2.38. The molecule has 0 spiro atoms. The summed E-state index contributed by atoms with van der Waals surface area (Å²) < 4.78 is 0. The normalized spacial score (nSPS) is 14.2. The second-order valence-electron chi connectivity index (χ2n) is 7.20. The maximum Gasteiger partial charge on any atom is 0.240 e. The summed E-state index contributed by atoms with van der Waals surface area (Å²) in [5.41, 5.74) is 11.2. The molecule has 1 aliphatic heterocycles. The Morgan fingerprint density at radius 3 is 2.19 bits per heavy atom. The van der Waals surface area contributed by atoms with Crippen molar-refractivity contribution in [1.29, 1.82) is 0 Å². The summed E-state index contributed by atoms with van der Waals surface area (Å²) in [5.74, 6) is 0.0189.